The van der Waals surface area contributed by atoms with E-state index >= 15 is 0 Å². The fraction of sp³-hybridized carbons (Fsp3) is 1.00. The van der Waals surface area contributed by atoms with Gasteiger partial charge < -0.3 is 10.1 Å². The Morgan fingerprint density at radius 1 is 1.14 bits per heavy atom. The fourth-order valence-electron chi connectivity index (χ4n) is 2.56. The normalized spacial score (nSPS) is 30.9. The molecule has 0 aromatic carbocycles. The van der Waals surface area contributed by atoms with Gasteiger partial charge in [-0.1, -0.05) is 0 Å². The van der Waals surface area contributed by atoms with Crippen LogP contribution in [0.2, 0.25) is 0 Å². The molecule has 2 rings (SSSR count). The van der Waals surface area contributed by atoms with E-state index in [9.17, 15) is 0 Å². The molecule has 0 radical (unpaired) electrons. The van der Waals surface area contributed by atoms with E-state index in [0.717, 1.165) is 19.3 Å². The van der Waals surface area contributed by atoms with Gasteiger partial charge in [0.15, 0.2) is 0 Å². The summed E-state index contributed by atoms with van der Waals surface area (Å²) in [6.07, 6.45) is 5.15. The van der Waals surface area contributed by atoms with Crippen LogP contribution < -0.4 is 5.32 Å². The molecule has 0 saturated carbocycles. The highest BCUT2D eigenvalue weighted by atomic mass is 16.5. The molecule has 0 aliphatic carbocycles. The second-order valence-electron chi connectivity index (χ2n) is 4.52. The zero-order valence-electron chi connectivity index (χ0n) is 9.17. The molecule has 3 heteroatoms. The van der Waals surface area contributed by atoms with Gasteiger partial charge in [0.1, 0.15) is 0 Å². The van der Waals surface area contributed by atoms with E-state index < -0.39 is 0 Å². The van der Waals surface area contributed by atoms with E-state index in [1.807, 2.05) is 0 Å². The molecule has 0 bridgehead atoms. The quantitative estimate of drug-likeness (QED) is 0.712. The number of nitrogens with zero attached hydrogens (tertiary/aromatic N) is 1. The number of hydrogen-bond acceptors (Lipinski definition) is 3. The smallest absolute Gasteiger partial charge is 0.0621 e. The molecular weight excluding hydrogens is 176 g/mol. The largest absolute Gasteiger partial charge is 0.380 e. The lowest BCUT2D eigenvalue weighted by Crippen LogP contribution is -2.48. The summed E-state index contributed by atoms with van der Waals surface area (Å²) in [5.74, 6) is 0. The van der Waals surface area contributed by atoms with Crippen LogP contribution in [0.5, 0.6) is 0 Å². The van der Waals surface area contributed by atoms with Crippen LogP contribution in [-0.4, -0.2) is 50.3 Å². The van der Waals surface area contributed by atoms with Crippen molar-refractivity contribution in [2.45, 2.75) is 37.8 Å². The van der Waals surface area contributed by atoms with Crippen molar-refractivity contribution >= 4 is 0 Å². The molecule has 0 aromatic rings. The summed E-state index contributed by atoms with van der Waals surface area (Å²) in [7, 11) is 2.27. The van der Waals surface area contributed by atoms with Crippen molar-refractivity contribution in [3.8, 4) is 0 Å². The van der Waals surface area contributed by atoms with Crippen LogP contribution >= 0.6 is 0 Å². The Morgan fingerprint density at radius 2 is 1.93 bits per heavy atom. The minimum atomic E-state index is 0.673. The van der Waals surface area contributed by atoms with Crippen molar-refractivity contribution in [2.75, 3.05) is 33.4 Å². The number of ether oxygens (including phenoxy) is 1. The van der Waals surface area contributed by atoms with Gasteiger partial charge in [0.25, 0.3) is 0 Å². The Balaban J connectivity index is 1.82. The Bertz CT molecular complexity index is 145. The lowest BCUT2D eigenvalue weighted by Gasteiger charge is -2.38. The van der Waals surface area contributed by atoms with Gasteiger partial charge in [-0.3, -0.25) is 4.90 Å². The maximum absolute atomic E-state index is 5.54. The molecule has 2 saturated heterocycles. The van der Waals surface area contributed by atoms with E-state index in [0.29, 0.717) is 6.04 Å². The highest BCUT2D eigenvalue weighted by Gasteiger charge is 2.25. The summed E-state index contributed by atoms with van der Waals surface area (Å²) < 4.78 is 5.54. The number of rotatable bonds is 2. The highest BCUT2D eigenvalue weighted by Crippen LogP contribution is 2.18. The van der Waals surface area contributed by atoms with Crippen LogP contribution in [0.3, 0.4) is 0 Å². The predicted octanol–water partition coefficient (Wildman–Crippen LogP) is 0.849. The van der Waals surface area contributed by atoms with Gasteiger partial charge >= 0.3 is 0 Å². The van der Waals surface area contributed by atoms with Crippen LogP contribution in [0, 0.1) is 0 Å². The van der Waals surface area contributed by atoms with Crippen molar-refractivity contribution in [1.29, 1.82) is 0 Å². The van der Waals surface area contributed by atoms with E-state index in [1.54, 1.807) is 0 Å². The lowest BCUT2D eigenvalue weighted by atomic mass is 10.0. The molecule has 2 aliphatic rings. The number of piperidine rings is 1. The summed E-state index contributed by atoms with van der Waals surface area (Å²) in [6, 6.07) is 1.45. The zero-order chi connectivity index (χ0) is 9.80. The molecule has 0 amide bonds. The molecule has 3 nitrogen and oxygen atoms in total. The first-order valence-electron chi connectivity index (χ1n) is 5.88. The van der Waals surface area contributed by atoms with Gasteiger partial charge in [0.05, 0.1) is 6.61 Å². The van der Waals surface area contributed by atoms with Crippen LogP contribution in [0.15, 0.2) is 0 Å². The molecule has 2 aliphatic heterocycles. The number of nitrogens with one attached hydrogen (secondary N) is 1. The first-order chi connectivity index (χ1) is 6.88. The molecule has 14 heavy (non-hydrogen) atoms. The Morgan fingerprint density at radius 3 is 2.57 bits per heavy atom. The van der Waals surface area contributed by atoms with Crippen molar-refractivity contribution in [1.82, 2.24) is 10.2 Å². The number of hydrogen-bond donors (Lipinski definition) is 1. The minimum Gasteiger partial charge on any atom is -0.380 e. The van der Waals surface area contributed by atoms with Crippen LogP contribution in [0.25, 0.3) is 0 Å². The lowest BCUT2D eigenvalue weighted by molar-refractivity contribution is 0.00703. The van der Waals surface area contributed by atoms with E-state index in [-0.39, 0.29) is 0 Å². The standard InChI is InChI=1S/C11H22N2O/c1-13(10-4-6-12-7-5-10)11-3-2-8-14-9-11/h10-12H,2-9H2,1H3. The SMILES string of the molecule is CN(C1CCNCC1)C1CCCOC1. The minimum absolute atomic E-state index is 0.673. The third kappa shape index (κ3) is 2.47. The van der Waals surface area contributed by atoms with E-state index in [4.69, 9.17) is 4.74 Å². The summed E-state index contributed by atoms with van der Waals surface area (Å²) in [5, 5.41) is 3.41. The molecule has 1 unspecified atom stereocenters. The summed E-state index contributed by atoms with van der Waals surface area (Å²) in [4.78, 5) is 2.56. The Hall–Kier alpha value is -0.120. The second-order valence-corrected chi connectivity index (χ2v) is 4.52. The van der Waals surface area contributed by atoms with Crippen molar-refractivity contribution in [2.24, 2.45) is 0 Å². The van der Waals surface area contributed by atoms with Gasteiger partial charge in [0.2, 0.25) is 0 Å². The first kappa shape index (κ1) is 10.4. The maximum Gasteiger partial charge on any atom is 0.0621 e. The second kappa shape index (κ2) is 5.10. The van der Waals surface area contributed by atoms with Crippen molar-refractivity contribution in [3.05, 3.63) is 0 Å². The maximum atomic E-state index is 5.54. The van der Waals surface area contributed by atoms with Gasteiger partial charge in [-0.15, -0.1) is 0 Å². The third-order valence-corrected chi connectivity index (χ3v) is 3.60. The van der Waals surface area contributed by atoms with E-state index in [2.05, 4.69) is 17.3 Å². The first-order valence-corrected chi connectivity index (χ1v) is 5.88. The van der Waals surface area contributed by atoms with Gasteiger partial charge in [0, 0.05) is 18.7 Å². The Kier molecular flexibility index (Phi) is 3.79. The predicted molar refractivity (Wildman–Crippen MR) is 57.5 cm³/mol. The average Bonchev–Trinajstić information content (AvgIpc) is 2.30. The summed E-state index contributed by atoms with van der Waals surface area (Å²) in [5.41, 5.74) is 0. The molecule has 0 aromatic heterocycles. The van der Waals surface area contributed by atoms with Crippen molar-refractivity contribution < 1.29 is 4.74 Å². The van der Waals surface area contributed by atoms with Gasteiger partial charge in [-0.2, -0.15) is 0 Å². The Labute approximate surface area is 86.8 Å². The van der Waals surface area contributed by atoms with Crippen LogP contribution in [-0.2, 0) is 4.74 Å². The fourth-order valence-corrected chi connectivity index (χ4v) is 2.56. The highest BCUT2D eigenvalue weighted by molar-refractivity contribution is 4.81. The zero-order valence-corrected chi connectivity index (χ0v) is 9.17. The summed E-state index contributed by atoms with van der Waals surface area (Å²) >= 11 is 0. The summed E-state index contributed by atoms with van der Waals surface area (Å²) in [6.45, 7) is 4.28. The van der Waals surface area contributed by atoms with Crippen molar-refractivity contribution in [3.63, 3.8) is 0 Å². The van der Waals surface area contributed by atoms with E-state index in [1.165, 1.54) is 38.8 Å². The molecule has 2 heterocycles. The van der Waals surface area contributed by atoms with Gasteiger partial charge in [-0.05, 0) is 45.8 Å². The van der Waals surface area contributed by atoms with Crippen LogP contribution in [0.1, 0.15) is 25.7 Å². The van der Waals surface area contributed by atoms with Gasteiger partial charge in [-0.25, -0.2) is 0 Å². The molecular formula is C11H22N2O. The average molecular weight is 198 g/mol. The molecule has 2 fully saturated rings. The molecule has 1 N–H and O–H groups in total. The topological polar surface area (TPSA) is 24.5 Å². The monoisotopic (exact) mass is 198 g/mol. The molecule has 82 valence electrons. The third-order valence-electron chi connectivity index (χ3n) is 3.60. The molecule has 1 atom stereocenters. The number of likely N-dealkylation sites (N-methyl/N-ethyl adjacent to an activating group) is 1. The van der Waals surface area contributed by atoms with Crippen LogP contribution in [0.4, 0.5) is 0 Å². The molecule has 0 spiro atoms.